The highest BCUT2D eigenvalue weighted by Crippen LogP contribution is 2.26. The third-order valence-electron chi connectivity index (χ3n) is 10.4. The molecule has 0 spiro atoms. The summed E-state index contributed by atoms with van der Waals surface area (Å²) in [5.41, 5.74) is 0.787. The van der Waals surface area contributed by atoms with E-state index < -0.39 is 49.4 Å². The van der Waals surface area contributed by atoms with Gasteiger partial charge in [0.1, 0.15) is 31.0 Å². The van der Waals surface area contributed by atoms with Gasteiger partial charge in [0.25, 0.3) is 0 Å². The summed E-state index contributed by atoms with van der Waals surface area (Å²) in [6.07, 6.45) is 21.7. The topological polar surface area (TPSA) is 138 Å². The van der Waals surface area contributed by atoms with Crippen molar-refractivity contribution in [3.8, 4) is 0 Å². The van der Waals surface area contributed by atoms with Crippen molar-refractivity contribution in [1.29, 1.82) is 0 Å². The van der Waals surface area contributed by atoms with E-state index >= 15 is 0 Å². The maximum Gasteiger partial charge on any atom is 0.411 e. The Labute approximate surface area is 321 Å². The molecule has 10 nitrogen and oxygen atoms in total. The fourth-order valence-electron chi connectivity index (χ4n) is 7.05. The Morgan fingerprint density at radius 1 is 0.660 bits per heavy atom. The van der Waals surface area contributed by atoms with Crippen LogP contribution in [0.3, 0.4) is 0 Å². The molecule has 0 saturated carbocycles. The molecule has 4 N–H and O–H groups in total. The molecule has 306 valence electrons. The quantitative estimate of drug-likeness (QED) is 0.0551. The molecule has 2 amide bonds. The van der Waals surface area contributed by atoms with Crippen LogP contribution in [-0.4, -0.2) is 82.7 Å². The number of ether oxygens (including phenoxy) is 3. The van der Waals surface area contributed by atoms with E-state index in [0.717, 1.165) is 44.1 Å². The summed E-state index contributed by atoms with van der Waals surface area (Å²) in [5.74, 6) is 0. The predicted octanol–water partition coefficient (Wildman–Crippen LogP) is 9.56. The van der Waals surface area contributed by atoms with Gasteiger partial charge in [0.15, 0.2) is 6.23 Å². The van der Waals surface area contributed by atoms with E-state index in [-0.39, 0.29) is 19.8 Å². The van der Waals surface area contributed by atoms with Gasteiger partial charge in [-0.25, -0.2) is 9.59 Å². The van der Waals surface area contributed by atoms with Gasteiger partial charge in [-0.05, 0) is 18.4 Å². The predicted molar refractivity (Wildman–Crippen MR) is 212 cm³/mol. The molecule has 1 aromatic carbocycles. The van der Waals surface area contributed by atoms with Gasteiger partial charge in [-0.1, -0.05) is 185 Å². The number of carbonyl (C=O) groups is 2. The molecule has 0 bridgehead atoms. The van der Waals surface area contributed by atoms with Crippen LogP contribution >= 0.6 is 0 Å². The second-order valence-corrected chi connectivity index (χ2v) is 15.0. The Bertz CT molecular complexity index is 1030. The lowest BCUT2D eigenvalue weighted by molar-refractivity contribution is -0.225. The second-order valence-electron chi connectivity index (χ2n) is 15.0. The fraction of sp³-hybridized carbons (Fsp3) is 0.814. The normalized spacial score (nSPS) is 19.9. The molecule has 1 aromatic rings. The zero-order valence-corrected chi connectivity index (χ0v) is 33.4. The summed E-state index contributed by atoms with van der Waals surface area (Å²) in [5, 5.41) is 34.5. The maximum atomic E-state index is 13.7. The average molecular weight is 749 g/mol. The molecule has 1 saturated heterocycles. The number of nitrogens with zero attached hydrogens (tertiary/aromatic N) is 1. The SMILES string of the molecule is CCCCCCCCCCCCCCOC(=O)N(CCCCCCCCCCCCCC)[C@@H]1O[C@H](CO)[C@H](O)[C@H](O)[C@H]1NC(=O)OCc1ccccc1. The van der Waals surface area contributed by atoms with Crippen molar-refractivity contribution in [3.63, 3.8) is 0 Å². The van der Waals surface area contributed by atoms with Gasteiger partial charge >= 0.3 is 12.2 Å². The van der Waals surface area contributed by atoms with Crippen LogP contribution in [-0.2, 0) is 20.8 Å². The van der Waals surface area contributed by atoms with Crippen molar-refractivity contribution in [2.45, 2.75) is 205 Å². The van der Waals surface area contributed by atoms with Crippen LogP contribution in [0.4, 0.5) is 9.59 Å². The number of aliphatic hydroxyl groups is 3. The first-order valence-electron chi connectivity index (χ1n) is 21.5. The maximum absolute atomic E-state index is 13.7. The van der Waals surface area contributed by atoms with Gasteiger partial charge in [-0.15, -0.1) is 0 Å². The van der Waals surface area contributed by atoms with Crippen LogP contribution in [0, 0.1) is 0 Å². The van der Waals surface area contributed by atoms with Gasteiger partial charge < -0.3 is 34.8 Å². The third-order valence-corrected chi connectivity index (χ3v) is 10.4. The molecule has 0 unspecified atom stereocenters. The zero-order valence-electron chi connectivity index (χ0n) is 33.4. The summed E-state index contributed by atoms with van der Waals surface area (Å²) in [7, 11) is 0. The van der Waals surface area contributed by atoms with Crippen molar-refractivity contribution in [1.82, 2.24) is 10.2 Å². The Kier molecular flexibility index (Phi) is 27.2. The zero-order chi connectivity index (χ0) is 38.4. The first-order chi connectivity index (χ1) is 25.9. The van der Waals surface area contributed by atoms with E-state index in [0.29, 0.717) is 6.42 Å². The van der Waals surface area contributed by atoms with Crippen LogP contribution in [0.25, 0.3) is 0 Å². The first-order valence-corrected chi connectivity index (χ1v) is 21.5. The van der Waals surface area contributed by atoms with Crippen molar-refractivity contribution in [2.75, 3.05) is 19.8 Å². The highest BCUT2D eigenvalue weighted by Gasteiger charge is 2.48. The number of carbonyl (C=O) groups excluding carboxylic acids is 2. The summed E-state index contributed by atoms with van der Waals surface area (Å²) in [4.78, 5) is 28.0. The molecule has 5 atom stereocenters. The van der Waals surface area contributed by atoms with Gasteiger partial charge in [0.05, 0.1) is 13.2 Å². The smallest absolute Gasteiger partial charge is 0.411 e. The van der Waals surface area contributed by atoms with E-state index in [9.17, 15) is 24.9 Å². The Morgan fingerprint density at radius 2 is 1.13 bits per heavy atom. The van der Waals surface area contributed by atoms with Crippen molar-refractivity contribution >= 4 is 12.2 Å². The van der Waals surface area contributed by atoms with E-state index in [1.54, 1.807) is 0 Å². The fourth-order valence-corrected chi connectivity index (χ4v) is 7.05. The third kappa shape index (κ3) is 20.7. The molecule has 1 aliphatic heterocycles. The monoisotopic (exact) mass is 749 g/mol. The van der Waals surface area contributed by atoms with Crippen LogP contribution < -0.4 is 5.32 Å². The minimum atomic E-state index is -1.52. The first kappa shape index (κ1) is 46.8. The molecule has 1 aliphatic rings. The van der Waals surface area contributed by atoms with E-state index in [2.05, 4.69) is 19.2 Å². The molecule has 10 heteroatoms. The Balaban J connectivity index is 1.93. The lowest BCUT2D eigenvalue weighted by Crippen LogP contribution is -2.69. The lowest BCUT2D eigenvalue weighted by atomic mass is 9.95. The number of benzene rings is 1. The van der Waals surface area contributed by atoms with E-state index in [4.69, 9.17) is 14.2 Å². The molecule has 0 aliphatic carbocycles. The number of aliphatic hydroxyl groups excluding tert-OH is 3. The molecule has 0 radical (unpaired) electrons. The number of unbranched alkanes of at least 4 members (excludes halogenated alkanes) is 22. The summed E-state index contributed by atoms with van der Waals surface area (Å²) >= 11 is 0. The number of hydrogen-bond acceptors (Lipinski definition) is 8. The van der Waals surface area contributed by atoms with Gasteiger partial charge in [0.2, 0.25) is 0 Å². The number of alkyl carbamates (subject to hydrolysis) is 1. The van der Waals surface area contributed by atoms with Crippen molar-refractivity contribution < 1.29 is 39.1 Å². The van der Waals surface area contributed by atoms with Crippen molar-refractivity contribution in [2.24, 2.45) is 0 Å². The Hall–Kier alpha value is -2.40. The number of amides is 2. The van der Waals surface area contributed by atoms with E-state index in [1.165, 1.54) is 114 Å². The minimum Gasteiger partial charge on any atom is -0.449 e. The molecular weight excluding hydrogens is 672 g/mol. The molecule has 0 aromatic heterocycles. The van der Waals surface area contributed by atoms with Crippen molar-refractivity contribution in [3.05, 3.63) is 35.9 Å². The summed E-state index contributed by atoms with van der Waals surface area (Å²) in [6, 6.07) is 7.98. The minimum absolute atomic E-state index is 0.00644. The largest absolute Gasteiger partial charge is 0.449 e. The van der Waals surface area contributed by atoms with Crippen LogP contribution in [0.15, 0.2) is 30.3 Å². The highest BCUT2D eigenvalue weighted by atomic mass is 16.6. The number of hydrogen-bond donors (Lipinski definition) is 4. The van der Waals surface area contributed by atoms with Gasteiger partial charge in [-0.2, -0.15) is 0 Å². The molecule has 1 heterocycles. The van der Waals surface area contributed by atoms with Crippen LogP contribution in [0.1, 0.15) is 174 Å². The standard InChI is InChI=1S/C43H76N2O8/c1-3-5-7-9-11-13-15-17-19-21-23-28-32-45(43(50)51-33-29-24-22-20-18-16-14-12-10-8-6-4-2)41-38(40(48)39(47)37(34-46)53-41)44-42(49)52-35-36-30-26-25-27-31-36/h25-27,30-31,37-41,46-48H,3-24,28-29,32-35H2,1-2H3,(H,44,49)/t37-,38-,39+,40-,41-/m1/s1. The molecular formula is C43H76N2O8. The lowest BCUT2D eigenvalue weighted by Gasteiger charge is -2.46. The highest BCUT2D eigenvalue weighted by molar-refractivity contribution is 5.69. The average Bonchev–Trinajstić information content (AvgIpc) is 3.17. The van der Waals surface area contributed by atoms with Crippen LogP contribution in [0.5, 0.6) is 0 Å². The summed E-state index contributed by atoms with van der Waals surface area (Å²) < 4.78 is 17.2. The van der Waals surface area contributed by atoms with Gasteiger partial charge in [0, 0.05) is 6.54 Å². The van der Waals surface area contributed by atoms with Crippen LogP contribution in [0.2, 0.25) is 0 Å². The van der Waals surface area contributed by atoms with Gasteiger partial charge in [-0.3, -0.25) is 4.90 Å². The molecule has 1 fully saturated rings. The summed E-state index contributed by atoms with van der Waals surface area (Å²) in [6.45, 7) is 4.45. The number of nitrogens with one attached hydrogen (secondary N) is 1. The molecule has 2 rings (SSSR count). The Morgan fingerprint density at radius 3 is 1.62 bits per heavy atom. The number of rotatable bonds is 31. The molecule has 53 heavy (non-hydrogen) atoms. The second kappa shape index (κ2) is 30.9. The van der Waals surface area contributed by atoms with E-state index in [1.807, 2.05) is 30.3 Å².